The summed E-state index contributed by atoms with van der Waals surface area (Å²) in [7, 11) is 0. The van der Waals surface area contributed by atoms with Crippen LogP contribution in [0.4, 0.5) is 11.4 Å². The molecule has 0 saturated carbocycles. The maximum absolute atomic E-state index is 12.9. The summed E-state index contributed by atoms with van der Waals surface area (Å²) in [6, 6.07) is 1.97. The maximum Gasteiger partial charge on any atom is 0.300 e. The second-order valence-corrected chi connectivity index (χ2v) is 13.5. The third-order valence-corrected chi connectivity index (χ3v) is 9.34. The molecule has 0 aliphatic carbocycles. The van der Waals surface area contributed by atoms with Crippen LogP contribution in [-0.4, -0.2) is 109 Å². The number of aliphatic hydroxyl groups excluding tert-OH is 5. The van der Waals surface area contributed by atoms with Gasteiger partial charge in [-0.25, -0.2) is 4.63 Å². The second-order valence-electron chi connectivity index (χ2n) is 13.5. The number of amides is 1. The van der Waals surface area contributed by atoms with Crippen LogP contribution >= 0.6 is 0 Å². The molecule has 1 aliphatic rings. The number of ether oxygens (including phenoxy) is 2. The number of carbonyl (C=O) groups excluding carboxylic acids is 1. The minimum atomic E-state index is -1.62. The summed E-state index contributed by atoms with van der Waals surface area (Å²) in [6.45, 7) is 1.86. The van der Waals surface area contributed by atoms with Crippen LogP contribution in [0.1, 0.15) is 110 Å². The molecule has 2 heterocycles. The van der Waals surface area contributed by atoms with E-state index in [1.165, 1.54) is 63.9 Å². The van der Waals surface area contributed by atoms with Crippen molar-refractivity contribution in [2.24, 2.45) is 0 Å². The van der Waals surface area contributed by atoms with Gasteiger partial charge in [0, 0.05) is 19.0 Å². The molecule has 1 aromatic heterocycles. The smallest absolute Gasteiger partial charge is 0.300 e. The first-order valence-corrected chi connectivity index (χ1v) is 18.9. The number of carbonyl (C=O) groups is 1. The average Bonchev–Trinajstić information content (AvgIpc) is 3.63. The fourth-order valence-corrected chi connectivity index (χ4v) is 6.16. The van der Waals surface area contributed by atoms with Gasteiger partial charge in [0.25, 0.3) is 0 Å². The molecule has 1 fully saturated rings. The molecule has 16 heteroatoms. The highest BCUT2D eigenvalue weighted by Gasteiger charge is 2.44. The molecule has 0 spiro atoms. The molecule has 1 aliphatic heterocycles. The molecular weight excluding hydrogens is 678 g/mol. The van der Waals surface area contributed by atoms with E-state index in [0.717, 1.165) is 19.3 Å². The minimum Gasteiger partial charge on any atom is -0.394 e. The highest BCUT2D eigenvalue weighted by molar-refractivity contribution is 5.93. The van der Waals surface area contributed by atoms with Crippen LogP contribution < -0.4 is 10.6 Å². The van der Waals surface area contributed by atoms with Crippen LogP contribution in [-0.2, 0) is 14.3 Å². The fraction of sp³-hybridized carbons (Fsp3) is 0.750. The van der Waals surface area contributed by atoms with Crippen molar-refractivity contribution >= 4 is 28.3 Å². The van der Waals surface area contributed by atoms with E-state index in [1.54, 1.807) is 12.1 Å². The van der Waals surface area contributed by atoms with Crippen LogP contribution in [0.5, 0.6) is 0 Å². The molecule has 3 rings (SSSR count). The van der Waals surface area contributed by atoms with Gasteiger partial charge in [0.05, 0.1) is 36.0 Å². The first-order chi connectivity index (χ1) is 25.2. The van der Waals surface area contributed by atoms with Crippen LogP contribution in [0.3, 0.4) is 0 Å². The Balaban J connectivity index is 1.43. The molecule has 0 bridgehead atoms. The Morgan fingerprint density at radius 2 is 1.60 bits per heavy atom. The van der Waals surface area contributed by atoms with Crippen LogP contribution in [0, 0.1) is 10.1 Å². The lowest BCUT2D eigenvalue weighted by Gasteiger charge is -2.40. The highest BCUT2D eigenvalue weighted by Crippen LogP contribution is 2.29. The molecule has 2 aromatic rings. The number of fused-ring (bicyclic) bond motifs is 1. The number of nitro groups is 1. The van der Waals surface area contributed by atoms with Crippen LogP contribution in [0.25, 0.3) is 11.0 Å². The maximum atomic E-state index is 12.9. The lowest BCUT2D eigenvalue weighted by molar-refractivity contribution is -0.383. The Kier molecular flexibility index (Phi) is 20.0. The van der Waals surface area contributed by atoms with Crippen molar-refractivity contribution < 1.29 is 49.4 Å². The summed E-state index contributed by atoms with van der Waals surface area (Å²) < 4.78 is 15.8. The van der Waals surface area contributed by atoms with E-state index in [2.05, 4.69) is 32.5 Å². The summed E-state index contributed by atoms with van der Waals surface area (Å²) in [5.41, 5.74) is 0.668. The van der Waals surface area contributed by atoms with Gasteiger partial charge in [-0.2, -0.15) is 0 Å². The topological polar surface area (TPSA) is 243 Å². The number of rotatable bonds is 27. The number of allylic oxidation sites excluding steroid dienone is 1. The first-order valence-electron chi connectivity index (χ1n) is 18.9. The van der Waals surface area contributed by atoms with Crippen molar-refractivity contribution in [3.05, 3.63) is 34.4 Å². The van der Waals surface area contributed by atoms with Gasteiger partial charge in [-0.3, -0.25) is 14.9 Å². The largest absolute Gasteiger partial charge is 0.394 e. The SMILES string of the molecule is CCCCCCCCCCCCCC=CC(O)C(COC1OC(CO)C(O)C(O)C1O)NC(=O)CCCCCNc1ccc([N+](=O)[O-])c2nonc12. The first kappa shape index (κ1) is 43.2. The molecule has 0 radical (unpaired) electrons. The molecule has 1 aromatic carbocycles. The highest BCUT2D eigenvalue weighted by atomic mass is 16.7. The summed E-state index contributed by atoms with van der Waals surface area (Å²) >= 11 is 0. The molecule has 294 valence electrons. The van der Waals surface area contributed by atoms with Crippen molar-refractivity contribution in [2.75, 3.05) is 25.1 Å². The number of hydrogen-bond donors (Lipinski definition) is 7. The zero-order chi connectivity index (χ0) is 37.7. The monoisotopic (exact) mass is 737 g/mol. The lowest BCUT2D eigenvalue weighted by Crippen LogP contribution is -2.60. The van der Waals surface area contributed by atoms with E-state index in [-0.39, 0.29) is 35.7 Å². The van der Waals surface area contributed by atoms with Crippen molar-refractivity contribution in [3.63, 3.8) is 0 Å². The Morgan fingerprint density at radius 1 is 0.942 bits per heavy atom. The minimum absolute atomic E-state index is 0.0582. The normalized spacial score (nSPS) is 21.8. The van der Waals surface area contributed by atoms with E-state index in [0.29, 0.717) is 31.5 Å². The van der Waals surface area contributed by atoms with Crippen molar-refractivity contribution in [2.45, 2.75) is 153 Å². The van der Waals surface area contributed by atoms with Gasteiger partial charge >= 0.3 is 5.69 Å². The predicted molar refractivity (Wildman–Crippen MR) is 193 cm³/mol. The van der Waals surface area contributed by atoms with E-state index >= 15 is 0 Å². The summed E-state index contributed by atoms with van der Waals surface area (Å²) in [4.78, 5) is 23.6. The molecule has 7 N–H and O–H groups in total. The Hall–Kier alpha value is -3.25. The number of benzene rings is 1. The number of nitrogens with zero attached hydrogens (tertiary/aromatic N) is 3. The lowest BCUT2D eigenvalue weighted by atomic mass is 9.99. The van der Waals surface area contributed by atoms with E-state index < -0.39 is 54.4 Å². The zero-order valence-corrected chi connectivity index (χ0v) is 30.3. The van der Waals surface area contributed by atoms with E-state index in [9.17, 15) is 40.4 Å². The summed E-state index contributed by atoms with van der Waals surface area (Å²) in [5, 5.41) is 75.6. The summed E-state index contributed by atoms with van der Waals surface area (Å²) in [5.74, 6) is -0.320. The van der Waals surface area contributed by atoms with Gasteiger partial charge in [-0.1, -0.05) is 89.7 Å². The molecule has 52 heavy (non-hydrogen) atoms. The number of aliphatic hydroxyl groups is 5. The molecule has 7 unspecified atom stereocenters. The number of non-ortho nitro benzene ring substituents is 1. The molecule has 7 atom stereocenters. The third kappa shape index (κ3) is 14.3. The Bertz CT molecular complexity index is 1340. The molecular formula is C36H59N5O11. The third-order valence-electron chi connectivity index (χ3n) is 9.34. The van der Waals surface area contributed by atoms with Crippen LogP contribution in [0.2, 0.25) is 0 Å². The van der Waals surface area contributed by atoms with Crippen molar-refractivity contribution in [1.29, 1.82) is 0 Å². The second kappa shape index (κ2) is 24.1. The molecule has 16 nitrogen and oxygen atoms in total. The van der Waals surface area contributed by atoms with Gasteiger partial charge in [-0.05, 0) is 42.1 Å². The predicted octanol–water partition coefficient (Wildman–Crippen LogP) is 4.02. The standard InChI is InChI=1S/C36H59N5O11/c1-2-3-4-5-6-7-8-9-10-11-12-13-15-18-28(43)26(24-50-36-35(47)34(46)33(45)29(23-42)51-36)38-30(44)19-16-14-17-22-37-25-20-21-27(41(48)49)32-31(25)39-52-40-32/h15,18,20-21,26,28-29,33-37,42-43,45-47H,2-14,16-17,19,22-24H2,1H3,(H,38,44). The van der Waals surface area contributed by atoms with Gasteiger partial charge in [0.15, 0.2) is 11.8 Å². The number of nitrogens with one attached hydrogen (secondary N) is 2. The van der Waals surface area contributed by atoms with Gasteiger partial charge in [0.1, 0.15) is 24.4 Å². The van der Waals surface area contributed by atoms with Crippen molar-refractivity contribution in [3.8, 4) is 0 Å². The zero-order valence-electron chi connectivity index (χ0n) is 30.3. The number of nitro benzene ring substituents is 1. The Labute approximate surface area is 305 Å². The molecule has 1 amide bonds. The fourth-order valence-electron chi connectivity index (χ4n) is 6.16. The van der Waals surface area contributed by atoms with Crippen molar-refractivity contribution in [1.82, 2.24) is 15.6 Å². The average molecular weight is 738 g/mol. The van der Waals surface area contributed by atoms with Gasteiger partial charge in [0.2, 0.25) is 11.4 Å². The quantitative estimate of drug-likeness (QED) is 0.0297. The molecule has 1 saturated heterocycles. The number of unbranched alkanes of at least 4 members (excludes halogenated alkanes) is 13. The van der Waals surface area contributed by atoms with E-state index in [4.69, 9.17) is 9.47 Å². The number of anilines is 1. The van der Waals surface area contributed by atoms with Crippen LogP contribution in [0.15, 0.2) is 28.9 Å². The van der Waals surface area contributed by atoms with E-state index in [1.807, 2.05) is 6.08 Å². The Morgan fingerprint density at radius 3 is 2.27 bits per heavy atom. The van der Waals surface area contributed by atoms with Gasteiger partial charge in [-0.15, -0.1) is 0 Å². The summed E-state index contributed by atoms with van der Waals surface area (Å²) in [6.07, 6.45) is 11.5. The number of aromatic nitrogens is 2. The number of hydrogen-bond acceptors (Lipinski definition) is 14. The van der Waals surface area contributed by atoms with Gasteiger partial charge < -0.3 is 45.6 Å².